The molecule has 35 heavy (non-hydrogen) atoms. The lowest BCUT2D eigenvalue weighted by Gasteiger charge is -2.23. The fraction of sp³-hybridized carbons (Fsp3) is 0.400. The van der Waals surface area contributed by atoms with Crippen LogP contribution in [-0.2, 0) is 0 Å². The van der Waals surface area contributed by atoms with Crippen LogP contribution in [0.2, 0.25) is 0 Å². The average molecular weight is 481 g/mol. The van der Waals surface area contributed by atoms with Crippen LogP contribution < -0.4 is 10.6 Å². The predicted molar refractivity (Wildman–Crippen MR) is 134 cm³/mol. The van der Waals surface area contributed by atoms with Crippen molar-refractivity contribution in [1.29, 1.82) is 5.41 Å². The number of nitrogens with one attached hydrogen (secondary N) is 3. The summed E-state index contributed by atoms with van der Waals surface area (Å²) in [6.45, 7) is 4.86. The second kappa shape index (κ2) is 10.8. The van der Waals surface area contributed by atoms with Gasteiger partial charge in [0.1, 0.15) is 5.82 Å². The Balaban J connectivity index is 1.47. The molecular weight excluding hydrogens is 450 g/mol. The summed E-state index contributed by atoms with van der Waals surface area (Å²) >= 11 is 0. The zero-order valence-electron chi connectivity index (χ0n) is 19.9. The van der Waals surface area contributed by atoms with E-state index in [0.29, 0.717) is 39.7 Å². The molecule has 0 aromatic carbocycles. The van der Waals surface area contributed by atoms with Gasteiger partial charge in [0.25, 0.3) is 5.92 Å². The van der Waals surface area contributed by atoms with Crippen molar-refractivity contribution < 1.29 is 8.78 Å². The molecule has 3 aromatic rings. The summed E-state index contributed by atoms with van der Waals surface area (Å²) in [6.07, 6.45) is 7.84. The highest BCUT2D eigenvalue weighted by molar-refractivity contribution is 6.08. The lowest BCUT2D eigenvalue weighted by atomic mass is 10.1. The van der Waals surface area contributed by atoms with E-state index in [4.69, 9.17) is 5.41 Å². The molecule has 1 saturated heterocycles. The van der Waals surface area contributed by atoms with Gasteiger partial charge in [-0.25, -0.2) is 13.8 Å². The quantitative estimate of drug-likeness (QED) is 0.365. The van der Waals surface area contributed by atoms with E-state index in [9.17, 15) is 8.78 Å². The number of pyridine rings is 2. The summed E-state index contributed by atoms with van der Waals surface area (Å²) in [7, 11) is 0. The van der Waals surface area contributed by atoms with Gasteiger partial charge in [0.05, 0.1) is 30.3 Å². The Labute approximate surface area is 203 Å². The van der Waals surface area contributed by atoms with Crippen molar-refractivity contribution in [2.45, 2.75) is 38.5 Å². The molecule has 4 rings (SSSR count). The van der Waals surface area contributed by atoms with Crippen LogP contribution in [0.4, 0.5) is 20.4 Å². The molecule has 0 bridgehead atoms. The zero-order chi connectivity index (χ0) is 24.8. The maximum Gasteiger partial charge on any atom is 0.277 e. The van der Waals surface area contributed by atoms with Crippen LogP contribution in [0.3, 0.4) is 0 Å². The molecule has 1 aliphatic heterocycles. The van der Waals surface area contributed by atoms with Crippen LogP contribution in [0.5, 0.6) is 0 Å². The van der Waals surface area contributed by atoms with Crippen LogP contribution >= 0.6 is 0 Å². The lowest BCUT2D eigenvalue weighted by molar-refractivity contribution is -0.0228. The molecule has 8 nitrogen and oxygen atoms in total. The predicted octanol–water partition coefficient (Wildman–Crippen LogP) is 4.60. The van der Waals surface area contributed by atoms with E-state index < -0.39 is 12.5 Å². The first-order chi connectivity index (χ1) is 16.8. The first-order valence-corrected chi connectivity index (χ1v) is 11.7. The third-order valence-electron chi connectivity index (χ3n) is 5.90. The van der Waals surface area contributed by atoms with Crippen molar-refractivity contribution in [3.63, 3.8) is 0 Å². The molecule has 4 heterocycles. The van der Waals surface area contributed by atoms with Crippen molar-refractivity contribution in [3.05, 3.63) is 54.0 Å². The van der Waals surface area contributed by atoms with Gasteiger partial charge < -0.3 is 16.0 Å². The van der Waals surface area contributed by atoms with E-state index in [1.165, 1.54) is 6.20 Å². The molecule has 0 saturated carbocycles. The summed E-state index contributed by atoms with van der Waals surface area (Å²) in [4.78, 5) is 10.8. The van der Waals surface area contributed by atoms with Crippen LogP contribution in [0.15, 0.2) is 42.9 Å². The molecule has 1 aliphatic rings. The van der Waals surface area contributed by atoms with Gasteiger partial charge in [0, 0.05) is 29.7 Å². The maximum absolute atomic E-state index is 14.3. The Bertz CT molecular complexity index is 1210. The van der Waals surface area contributed by atoms with Crippen molar-refractivity contribution in [3.8, 4) is 0 Å². The number of allylic oxidation sites excluding steroid dienone is 1. The maximum atomic E-state index is 14.3. The SMILES string of the molecule is CC(C)c1cnnc(Nc2ccc3ncc(/C(C=N)=C/NCC(F)(F)CN4CCCC4)cc3n2)c1. The summed E-state index contributed by atoms with van der Waals surface area (Å²) in [5.74, 6) is -1.37. The fourth-order valence-electron chi connectivity index (χ4n) is 3.97. The fourth-order valence-corrected chi connectivity index (χ4v) is 3.97. The number of aromatic nitrogens is 4. The number of halogens is 2. The van der Waals surface area contributed by atoms with E-state index in [0.717, 1.165) is 37.7 Å². The largest absolute Gasteiger partial charge is 0.384 e. The van der Waals surface area contributed by atoms with Gasteiger partial charge in [-0.05, 0) is 61.7 Å². The van der Waals surface area contributed by atoms with Crippen LogP contribution in [0.25, 0.3) is 16.6 Å². The Kier molecular flexibility index (Phi) is 7.60. The first-order valence-electron chi connectivity index (χ1n) is 11.7. The normalized spacial score (nSPS) is 15.1. The molecule has 184 valence electrons. The van der Waals surface area contributed by atoms with Gasteiger partial charge in [-0.15, -0.1) is 5.10 Å². The van der Waals surface area contributed by atoms with Crippen molar-refractivity contribution in [2.75, 3.05) is 31.5 Å². The number of rotatable bonds is 10. The number of hydrogen-bond acceptors (Lipinski definition) is 8. The second-order valence-electron chi connectivity index (χ2n) is 9.08. The van der Waals surface area contributed by atoms with Crippen LogP contribution in [-0.4, -0.2) is 63.4 Å². The number of alkyl halides is 2. The summed E-state index contributed by atoms with van der Waals surface area (Å²) in [6, 6.07) is 7.35. The third-order valence-corrected chi connectivity index (χ3v) is 5.90. The highest BCUT2D eigenvalue weighted by Crippen LogP contribution is 2.22. The van der Waals surface area contributed by atoms with Gasteiger partial charge in [-0.1, -0.05) is 13.8 Å². The molecule has 1 fully saturated rings. The van der Waals surface area contributed by atoms with E-state index in [-0.39, 0.29) is 6.54 Å². The minimum absolute atomic E-state index is 0.255. The van der Waals surface area contributed by atoms with Gasteiger partial charge in [0.15, 0.2) is 5.82 Å². The minimum atomic E-state index is -2.85. The Morgan fingerprint density at radius 2 is 1.94 bits per heavy atom. The zero-order valence-corrected chi connectivity index (χ0v) is 19.9. The number of anilines is 2. The average Bonchev–Trinajstić information content (AvgIpc) is 3.34. The van der Waals surface area contributed by atoms with E-state index in [1.807, 2.05) is 12.1 Å². The highest BCUT2D eigenvalue weighted by Gasteiger charge is 2.32. The minimum Gasteiger partial charge on any atom is -0.384 e. The van der Waals surface area contributed by atoms with E-state index in [1.54, 1.807) is 29.4 Å². The molecule has 0 spiro atoms. The first kappa shape index (κ1) is 24.6. The number of fused-ring (bicyclic) bond motifs is 1. The Morgan fingerprint density at radius 1 is 1.14 bits per heavy atom. The van der Waals surface area contributed by atoms with E-state index >= 15 is 0 Å². The molecule has 3 aromatic heterocycles. The van der Waals surface area contributed by atoms with Crippen LogP contribution in [0.1, 0.15) is 43.7 Å². The Hall–Kier alpha value is -3.53. The van der Waals surface area contributed by atoms with Crippen molar-refractivity contribution in [2.24, 2.45) is 0 Å². The molecule has 10 heteroatoms. The monoisotopic (exact) mass is 480 g/mol. The van der Waals surface area contributed by atoms with Crippen molar-refractivity contribution >= 4 is 34.5 Å². The molecule has 0 amide bonds. The lowest BCUT2D eigenvalue weighted by Crippen LogP contribution is -2.41. The van der Waals surface area contributed by atoms with Gasteiger partial charge in [-0.3, -0.25) is 9.88 Å². The standard InChI is InChI=1S/C25H30F2N8/c1-17(2)18-10-24(34-31-14-18)33-23-6-5-21-22(32-23)9-19(13-30-21)20(11-28)12-29-15-25(26,27)16-35-7-3-4-8-35/h5-6,9-14,17,28-29H,3-4,7-8,15-16H2,1-2H3,(H,32,33,34)/b20-12+,28-11?. The summed E-state index contributed by atoms with van der Waals surface area (Å²) in [5, 5.41) is 21.8. The molecule has 0 atom stereocenters. The van der Waals surface area contributed by atoms with Crippen molar-refractivity contribution in [1.82, 2.24) is 30.4 Å². The summed E-state index contributed by atoms with van der Waals surface area (Å²) < 4.78 is 28.6. The smallest absolute Gasteiger partial charge is 0.277 e. The van der Waals surface area contributed by atoms with Gasteiger partial charge in [0.2, 0.25) is 0 Å². The number of hydrogen-bond donors (Lipinski definition) is 3. The topological polar surface area (TPSA) is 103 Å². The molecular formula is C25H30F2N8. The Morgan fingerprint density at radius 3 is 2.69 bits per heavy atom. The molecule has 0 radical (unpaired) electrons. The van der Waals surface area contributed by atoms with E-state index in [2.05, 4.69) is 44.6 Å². The van der Waals surface area contributed by atoms with Gasteiger partial charge >= 0.3 is 0 Å². The second-order valence-corrected chi connectivity index (χ2v) is 9.08. The number of likely N-dealkylation sites (tertiary alicyclic amines) is 1. The third kappa shape index (κ3) is 6.54. The molecule has 0 unspecified atom stereocenters. The van der Waals surface area contributed by atoms with Gasteiger partial charge in [-0.2, -0.15) is 5.10 Å². The highest BCUT2D eigenvalue weighted by atomic mass is 19.3. The molecule has 3 N–H and O–H groups in total. The molecule has 0 aliphatic carbocycles. The van der Waals surface area contributed by atoms with Crippen LogP contribution in [0, 0.1) is 5.41 Å². The summed E-state index contributed by atoms with van der Waals surface area (Å²) in [5.41, 5.74) is 3.39. The number of nitrogens with zero attached hydrogens (tertiary/aromatic N) is 5.